The predicted molar refractivity (Wildman–Crippen MR) is 77.9 cm³/mol. The van der Waals surface area contributed by atoms with E-state index in [4.69, 9.17) is 23.1 Å². The summed E-state index contributed by atoms with van der Waals surface area (Å²) in [5.74, 6) is -0.229. The Kier molecular flexibility index (Phi) is 3.92. The maximum absolute atomic E-state index is 12.0. The highest BCUT2D eigenvalue weighted by molar-refractivity contribution is 6.30. The Morgan fingerprint density at radius 3 is 2.42 bits per heavy atom. The topological polar surface area (TPSA) is 81.1 Å². The van der Waals surface area contributed by atoms with Crippen LogP contribution >= 0.6 is 11.6 Å². The van der Waals surface area contributed by atoms with Gasteiger partial charge in [0.05, 0.1) is 5.56 Å². The van der Waals surface area contributed by atoms with Crippen LogP contribution in [0.4, 0.5) is 11.4 Å². The minimum atomic E-state index is -0.229. The highest BCUT2D eigenvalue weighted by atomic mass is 35.5. The zero-order chi connectivity index (χ0) is 13.8. The van der Waals surface area contributed by atoms with Crippen LogP contribution in [0.2, 0.25) is 5.02 Å². The van der Waals surface area contributed by atoms with E-state index in [1.807, 2.05) is 12.1 Å². The molecule has 0 unspecified atom stereocenters. The number of rotatable bonds is 3. The molecule has 0 saturated heterocycles. The molecule has 0 spiro atoms. The third-order valence-electron chi connectivity index (χ3n) is 2.69. The van der Waals surface area contributed by atoms with Crippen molar-refractivity contribution in [3.05, 3.63) is 58.6 Å². The maximum atomic E-state index is 12.0. The average molecular weight is 276 g/mol. The lowest BCUT2D eigenvalue weighted by Crippen LogP contribution is -2.23. The zero-order valence-corrected chi connectivity index (χ0v) is 10.9. The Labute approximate surface area is 116 Å². The molecule has 0 bridgehead atoms. The van der Waals surface area contributed by atoms with Crippen LogP contribution in [0.15, 0.2) is 42.5 Å². The van der Waals surface area contributed by atoms with Gasteiger partial charge in [0.2, 0.25) is 0 Å². The van der Waals surface area contributed by atoms with Crippen molar-refractivity contribution in [2.75, 3.05) is 11.5 Å². The van der Waals surface area contributed by atoms with E-state index in [0.717, 1.165) is 5.56 Å². The van der Waals surface area contributed by atoms with Gasteiger partial charge in [-0.05, 0) is 35.9 Å². The van der Waals surface area contributed by atoms with Crippen LogP contribution in [-0.2, 0) is 6.54 Å². The first-order valence-electron chi connectivity index (χ1n) is 5.74. The first-order valence-corrected chi connectivity index (χ1v) is 6.11. The van der Waals surface area contributed by atoms with Gasteiger partial charge in [0, 0.05) is 22.9 Å². The highest BCUT2D eigenvalue weighted by Gasteiger charge is 2.09. The van der Waals surface area contributed by atoms with Crippen molar-refractivity contribution >= 4 is 28.9 Å². The van der Waals surface area contributed by atoms with Crippen LogP contribution in [0.3, 0.4) is 0 Å². The first-order chi connectivity index (χ1) is 9.06. The summed E-state index contributed by atoms with van der Waals surface area (Å²) < 4.78 is 0. The number of nitrogens with two attached hydrogens (primary N) is 2. The van der Waals surface area contributed by atoms with E-state index in [2.05, 4.69) is 5.32 Å². The van der Waals surface area contributed by atoms with Gasteiger partial charge in [-0.2, -0.15) is 0 Å². The van der Waals surface area contributed by atoms with E-state index in [0.29, 0.717) is 28.5 Å². The quantitative estimate of drug-likeness (QED) is 0.753. The number of carbonyl (C=O) groups is 1. The molecule has 5 N–H and O–H groups in total. The number of nitrogens with one attached hydrogen (secondary N) is 1. The number of amides is 1. The van der Waals surface area contributed by atoms with E-state index in [1.165, 1.54) is 0 Å². The van der Waals surface area contributed by atoms with Crippen molar-refractivity contribution in [3.8, 4) is 0 Å². The lowest BCUT2D eigenvalue weighted by molar-refractivity contribution is 0.0952. The molecular weight excluding hydrogens is 262 g/mol. The number of nitrogen functional groups attached to an aromatic ring is 2. The second-order valence-electron chi connectivity index (χ2n) is 4.16. The summed E-state index contributed by atoms with van der Waals surface area (Å²) in [4.78, 5) is 12.0. The molecule has 0 saturated carbocycles. The summed E-state index contributed by atoms with van der Waals surface area (Å²) in [5.41, 5.74) is 13.6. The highest BCUT2D eigenvalue weighted by Crippen LogP contribution is 2.16. The second kappa shape index (κ2) is 5.63. The third kappa shape index (κ3) is 3.39. The number of halogens is 1. The average Bonchev–Trinajstić information content (AvgIpc) is 2.37. The van der Waals surface area contributed by atoms with Gasteiger partial charge in [-0.3, -0.25) is 4.79 Å². The Hall–Kier alpha value is -2.20. The fourth-order valence-corrected chi connectivity index (χ4v) is 1.79. The molecule has 0 radical (unpaired) electrons. The van der Waals surface area contributed by atoms with Gasteiger partial charge in [-0.25, -0.2) is 0 Å². The van der Waals surface area contributed by atoms with Gasteiger partial charge in [0.15, 0.2) is 0 Å². The molecule has 1 amide bonds. The van der Waals surface area contributed by atoms with Crippen LogP contribution in [0.5, 0.6) is 0 Å². The summed E-state index contributed by atoms with van der Waals surface area (Å²) in [6.45, 7) is 0.416. The van der Waals surface area contributed by atoms with Crippen molar-refractivity contribution in [2.24, 2.45) is 0 Å². The minimum absolute atomic E-state index is 0.229. The lowest BCUT2D eigenvalue weighted by atomic mass is 10.1. The monoisotopic (exact) mass is 275 g/mol. The maximum Gasteiger partial charge on any atom is 0.253 e. The third-order valence-corrected chi connectivity index (χ3v) is 2.94. The van der Waals surface area contributed by atoms with Crippen LogP contribution in [0.25, 0.3) is 0 Å². The Balaban J connectivity index is 2.03. The van der Waals surface area contributed by atoms with Gasteiger partial charge in [-0.15, -0.1) is 0 Å². The Morgan fingerprint density at radius 2 is 1.79 bits per heavy atom. The number of benzene rings is 2. The molecule has 4 nitrogen and oxygen atoms in total. The van der Waals surface area contributed by atoms with Crippen molar-refractivity contribution in [3.63, 3.8) is 0 Å². The van der Waals surface area contributed by atoms with Crippen molar-refractivity contribution in [1.82, 2.24) is 5.32 Å². The predicted octanol–water partition coefficient (Wildman–Crippen LogP) is 2.43. The van der Waals surface area contributed by atoms with E-state index < -0.39 is 0 Å². The second-order valence-corrected chi connectivity index (χ2v) is 4.59. The van der Waals surface area contributed by atoms with E-state index in [9.17, 15) is 4.79 Å². The number of hydrogen-bond donors (Lipinski definition) is 3. The summed E-state index contributed by atoms with van der Waals surface area (Å²) >= 11 is 5.79. The van der Waals surface area contributed by atoms with Gasteiger partial charge in [-0.1, -0.05) is 23.7 Å². The molecule has 0 aromatic heterocycles. The smallest absolute Gasteiger partial charge is 0.253 e. The molecule has 0 atom stereocenters. The molecule has 19 heavy (non-hydrogen) atoms. The van der Waals surface area contributed by atoms with E-state index >= 15 is 0 Å². The Morgan fingerprint density at radius 1 is 1.11 bits per heavy atom. The van der Waals surface area contributed by atoms with Gasteiger partial charge in [0.1, 0.15) is 0 Å². The summed E-state index contributed by atoms with van der Waals surface area (Å²) in [7, 11) is 0. The summed E-state index contributed by atoms with van der Waals surface area (Å²) in [5, 5.41) is 3.46. The zero-order valence-electron chi connectivity index (χ0n) is 10.2. The van der Waals surface area contributed by atoms with Crippen molar-refractivity contribution < 1.29 is 4.79 Å². The minimum Gasteiger partial charge on any atom is -0.399 e. The van der Waals surface area contributed by atoms with Crippen LogP contribution in [-0.4, -0.2) is 5.91 Å². The standard InChI is InChI=1S/C14H14ClN3O/c15-10-3-1-9(2-4-10)8-18-14(19)12-6-5-11(16)7-13(12)17/h1-7H,8,16-17H2,(H,18,19). The van der Waals surface area contributed by atoms with E-state index in [-0.39, 0.29) is 5.91 Å². The van der Waals surface area contributed by atoms with E-state index in [1.54, 1.807) is 30.3 Å². The number of carbonyl (C=O) groups excluding carboxylic acids is 1. The fraction of sp³-hybridized carbons (Fsp3) is 0.0714. The Bertz CT molecular complexity index is 596. The molecule has 0 aliphatic rings. The summed E-state index contributed by atoms with van der Waals surface area (Å²) in [6, 6.07) is 12.1. The summed E-state index contributed by atoms with van der Waals surface area (Å²) in [6.07, 6.45) is 0. The van der Waals surface area contributed by atoms with Crippen LogP contribution < -0.4 is 16.8 Å². The van der Waals surface area contributed by atoms with Gasteiger partial charge < -0.3 is 16.8 Å². The van der Waals surface area contributed by atoms with Gasteiger partial charge in [0.25, 0.3) is 5.91 Å². The lowest BCUT2D eigenvalue weighted by Gasteiger charge is -2.08. The largest absolute Gasteiger partial charge is 0.399 e. The van der Waals surface area contributed by atoms with Crippen molar-refractivity contribution in [2.45, 2.75) is 6.54 Å². The molecule has 0 heterocycles. The molecule has 0 fully saturated rings. The molecule has 2 aromatic rings. The van der Waals surface area contributed by atoms with Crippen LogP contribution in [0.1, 0.15) is 15.9 Å². The van der Waals surface area contributed by atoms with Crippen molar-refractivity contribution in [1.29, 1.82) is 0 Å². The molecule has 2 rings (SSSR count). The molecule has 2 aromatic carbocycles. The number of hydrogen-bond acceptors (Lipinski definition) is 3. The molecule has 5 heteroatoms. The fourth-order valence-electron chi connectivity index (χ4n) is 1.67. The molecular formula is C14H14ClN3O. The normalized spacial score (nSPS) is 10.2. The number of anilines is 2. The van der Waals surface area contributed by atoms with Gasteiger partial charge >= 0.3 is 0 Å². The van der Waals surface area contributed by atoms with Crippen LogP contribution in [0, 0.1) is 0 Å². The SMILES string of the molecule is Nc1ccc(C(=O)NCc2ccc(Cl)cc2)c(N)c1. The molecule has 0 aliphatic heterocycles. The first kappa shape index (κ1) is 13.2. The molecule has 0 aliphatic carbocycles. The molecule has 98 valence electrons.